The maximum absolute atomic E-state index is 15.0. The zero-order valence-electron chi connectivity index (χ0n) is 46.4. The normalized spacial score (nSPS) is 14.5. The summed E-state index contributed by atoms with van der Waals surface area (Å²) >= 11 is 0. The summed E-state index contributed by atoms with van der Waals surface area (Å²) in [4.78, 5) is 0. The average Bonchev–Trinajstić information content (AvgIpc) is 1.57. The second-order valence-electron chi connectivity index (χ2n) is 22.0. The molecule has 7 aromatic carbocycles. The number of fused-ring (bicyclic) bond motifs is 12. The minimum atomic E-state index is -5.42. The molecule has 6 nitrogen and oxygen atoms in total. The zero-order chi connectivity index (χ0) is 68.7. The summed E-state index contributed by atoms with van der Waals surface area (Å²) in [5, 5.41) is 19.7. The molecule has 0 saturated carbocycles. The molecule has 0 N–H and O–H groups in total. The number of benzene rings is 7. The van der Waals surface area contributed by atoms with E-state index in [9.17, 15) is 103 Å². The Hall–Kier alpha value is -10.4. The van der Waals surface area contributed by atoms with Crippen LogP contribution in [0.4, 0.5) is 105 Å². The molecule has 4 aromatic heterocycles. The molecule has 30 heteroatoms. The number of hydrogen-bond donors (Lipinski definition) is 0. The lowest BCUT2D eigenvalue weighted by atomic mass is 9.94. The van der Waals surface area contributed by atoms with E-state index in [0.717, 1.165) is 18.3 Å². The molecule has 95 heavy (non-hydrogen) atoms. The molecule has 0 aliphatic heterocycles. The first-order valence-electron chi connectivity index (χ1n) is 27.2. The number of hydrogen-bond acceptors (Lipinski definition) is 2. The van der Waals surface area contributed by atoms with Crippen molar-refractivity contribution < 1.29 is 105 Å². The van der Waals surface area contributed by atoms with Gasteiger partial charge in [0.15, 0.2) is 0 Å². The van der Waals surface area contributed by atoms with Gasteiger partial charge in [-0.1, -0.05) is 11.8 Å². The van der Waals surface area contributed by atoms with Crippen LogP contribution in [0.2, 0.25) is 0 Å². The van der Waals surface area contributed by atoms with Gasteiger partial charge >= 0.3 is 49.4 Å². The quantitative estimate of drug-likeness (QED) is 0.130. The lowest BCUT2D eigenvalue weighted by Crippen LogP contribution is -2.20. The first-order valence-corrected chi connectivity index (χ1v) is 27.2. The van der Waals surface area contributed by atoms with Crippen LogP contribution in [0.15, 0.2) is 120 Å². The van der Waals surface area contributed by atoms with Crippen molar-refractivity contribution >= 4 is 77.6 Å². The van der Waals surface area contributed by atoms with E-state index < -0.39 is 235 Å². The highest BCUT2D eigenvalue weighted by Gasteiger charge is 2.44. The van der Waals surface area contributed by atoms with Crippen LogP contribution in [0, 0.1) is 34.5 Å². The fourth-order valence-electron chi connectivity index (χ4n) is 12.6. The molecule has 0 spiro atoms. The van der Waals surface area contributed by atoms with Crippen LogP contribution >= 0.6 is 0 Å². The number of halogens is 24. The molecular weight excluding hydrogens is 1320 g/mol. The minimum absolute atomic E-state index is 0.285. The molecule has 0 atom stereocenters. The van der Waals surface area contributed by atoms with Crippen molar-refractivity contribution in [1.82, 2.24) is 18.3 Å². The van der Waals surface area contributed by atoms with Crippen molar-refractivity contribution in [2.24, 2.45) is 0 Å². The van der Waals surface area contributed by atoms with Crippen molar-refractivity contribution in [3.05, 3.63) is 187 Å². The van der Waals surface area contributed by atoms with Gasteiger partial charge in [0, 0.05) is 60.4 Å². The van der Waals surface area contributed by atoms with Gasteiger partial charge in [-0.25, -0.2) is 0 Å². The smallest absolute Gasteiger partial charge is 0.309 e. The number of rotatable bonds is 4. The molecule has 0 unspecified atom stereocenters. The average molecular weight is 1350 g/mol. The Morgan fingerprint density at radius 1 is 0.316 bits per heavy atom. The Labute approximate surface area is 513 Å². The molecule has 0 amide bonds. The summed E-state index contributed by atoms with van der Waals surface area (Å²) in [6.45, 7) is 0. The van der Waals surface area contributed by atoms with E-state index in [1.165, 1.54) is 0 Å². The van der Waals surface area contributed by atoms with Crippen molar-refractivity contribution in [2.45, 2.75) is 68.7 Å². The van der Waals surface area contributed by atoms with Crippen molar-refractivity contribution in [3.8, 4) is 46.7 Å². The molecule has 0 fully saturated rings. The predicted molar refractivity (Wildman–Crippen MR) is 296 cm³/mol. The maximum Gasteiger partial charge on any atom is 0.424 e. The molecule has 0 saturated heterocycles. The molecule has 13 rings (SSSR count). The first kappa shape index (κ1) is 63.3. The zero-order valence-corrected chi connectivity index (χ0v) is 46.4. The van der Waals surface area contributed by atoms with E-state index >= 15 is 13.2 Å². The van der Waals surface area contributed by atoms with Crippen LogP contribution < -0.4 is 0 Å². The van der Waals surface area contributed by atoms with Crippen LogP contribution in [0.5, 0.6) is 0 Å². The number of nitrogens with zero attached hydrogens (tertiary/aromatic N) is 6. The largest absolute Gasteiger partial charge is 0.424 e. The monoisotopic (exact) mass is 1350 g/mol. The van der Waals surface area contributed by atoms with Crippen LogP contribution in [0.25, 0.3) is 100 Å². The lowest BCUT2D eigenvalue weighted by Gasteiger charge is -2.28. The SMILES string of the molecule is N#Cc1c(-n2c3c(c4cc(C(F)(F)F)ccc42)C=C(C(F)(F)F)C#CC3)c(-n2c3c(c4cc(C(F)(F)F)ccc42)C=C(C(F)(F)F)CC3)c(-n2c3ccc(C(F)(F)F)cc3c3cc(C(F)(F)F)ccc32)c(C#N)c1-n1c2ccc(C(F)(F)F)cc2c2cc(C(F)(F)F)ccc21. The van der Waals surface area contributed by atoms with Crippen LogP contribution in [-0.2, 0) is 49.9 Å². The number of allylic oxidation sites excluding steroid dienone is 2. The highest BCUT2D eigenvalue weighted by Crippen LogP contribution is 2.53. The van der Waals surface area contributed by atoms with Crippen molar-refractivity contribution in [2.75, 3.05) is 0 Å². The molecule has 0 bridgehead atoms. The first-order chi connectivity index (χ1) is 44.1. The van der Waals surface area contributed by atoms with E-state index in [4.69, 9.17) is 0 Å². The molecule has 2 aliphatic rings. The van der Waals surface area contributed by atoms with Crippen molar-refractivity contribution in [3.63, 3.8) is 0 Å². The third kappa shape index (κ3) is 10.1. The van der Waals surface area contributed by atoms with E-state index in [0.29, 0.717) is 115 Å². The van der Waals surface area contributed by atoms with Gasteiger partial charge in [0.25, 0.3) is 0 Å². The van der Waals surface area contributed by atoms with E-state index in [1.54, 1.807) is 6.07 Å². The second-order valence-corrected chi connectivity index (χ2v) is 22.0. The molecular formula is C65H26F24N6. The standard InChI is InChI=1S/C65H26F24N6/c66-58(67,68)28-2-1-3-46-36(18-28)37-19-31(61(75,76)77)6-13-49(37)93(46)55-44(26-90)54(92-47-11-4-29(59(69,70)71)20-38(47)39-21-30(60(72,73)74)5-12-48(39)92)45(27-91)56(94-50-14-7-32(62(78,79)80)22-40(50)41-23-33(63(81,82)83)8-15-51(41)94)57(55)95-52-16-9-34(64(84,85)86)24-42(52)43-25-35(65(87,88)89)10-17-53(43)95/h4-9,11-16,18-25H,3,10,17H2. The molecule has 0 radical (unpaired) electrons. The molecule has 484 valence electrons. The second kappa shape index (κ2) is 20.5. The Kier molecular flexibility index (Phi) is 13.7. The Bertz CT molecular complexity index is 5270. The molecule has 4 heterocycles. The van der Waals surface area contributed by atoms with Crippen LogP contribution in [0.3, 0.4) is 0 Å². The summed E-state index contributed by atoms with van der Waals surface area (Å²) in [7, 11) is 0. The lowest BCUT2D eigenvalue weighted by molar-refractivity contribution is -0.138. The number of nitriles is 2. The minimum Gasteiger partial charge on any atom is -0.309 e. The van der Waals surface area contributed by atoms with Gasteiger partial charge in [0.2, 0.25) is 0 Å². The van der Waals surface area contributed by atoms with Crippen LogP contribution in [-0.4, -0.2) is 30.6 Å². The summed E-state index contributed by atoms with van der Waals surface area (Å²) in [6.07, 6.45) is -45.0. The summed E-state index contributed by atoms with van der Waals surface area (Å²) in [5.41, 5.74) is -25.4. The summed E-state index contributed by atoms with van der Waals surface area (Å²) in [6, 6.07) is 11.8. The van der Waals surface area contributed by atoms with Gasteiger partial charge in [-0.05, 0) is 134 Å². The van der Waals surface area contributed by atoms with E-state index in [-0.39, 0.29) is 6.08 Å². The van der Waals surface area contributed by atoms with Crippen molar-refractivity contribution in [1.29, 1.82) is 10.5 Å². The van der Waals surface area contributed by atoms with Gasteiger partial charge < -0.3 is 18.3 Å². The van der Waals surface area contributed by atoms with E-state index in [2.05, 4.69) is 5.92 Å². The Morgan fingerprint density at radius 3 is 0.947 bits per heavy atom. The highest BCUT2D eigenvalue weighted by atomic mass is 19.4. The third-order valence-corrected chi connectivity index (χ3v) is 16.6. The number of aromatic nitrogens is 4. The van der Waals surface area contributed by atoms with E-state index in [1.807, 2.05) is 12.0 Å². The molecule has 2 aliphatic carbocycles. The summed E-state index contributed by atoms with van der Waals surface area (Å²) in [5.74, 6) is 4.10. The predicted octanol–water partition coefficient (Wildman–Crippen LogP) is 21.0. The summed E-state index contributed by atoms with van der Waals surface area (Å²) < 4.78 is 361. The Balaban J connectivity index is 1.39. The fraction of sp³-hybridized carbons (Fsp3) is 0.169. The third-order valence-electron chi connectivity index (χ3n) is 16.6. The maximum atomic E-state index is 15.0. The highest BCUT2D eigenvalue weighted by molar-refractivity contribution is 6.13. The van der Waals surface area contributed by atoms with Gasteiger partial charge in [-0.3, -0.25) is 0 Å². The number of alkyl halides is 24. The topological polar surface area (TPSA) is 67.3 Å². The molecule has 11 aromatic rings. The fourth-order valence-corrected chi connectivity index (χ4v) is 12.6. The van der Waals surface area contributed by atoms with Gasteiger partial charge in [-0.15, -0.1) is 0 Å². The van der Waals surface area contributed by atoms with Gasteiger partial charge in [-0.2, -0.15) is 116 Å². The Morgan fingerprint density at radius 2 is 0.621 bits per heavy atom. The van der Waals surface area contributed by atoms with Crippen LogP contribution in [0.1, 0.15) is 73.4 Å². The van der Waals surface area contributed by atoms with Gasteiger partial charge in [0.1, 0.15) is 28.8 Å². The van der Waals surface area contributed by atoms with Gasteiger partial charge in [0.05, 0.1) is 95.7 Å².